The lowest BCUT2D eigenvalue weighted by Crippen LogP contribution is -2.46. The summed E-state index contributed by atoms with van der Waals surface area (Å²) in [6.45, 7) is 1.94. The molecule has 0 amide bonds. The summed E-state index contributed by atoms with van der Waals surface area (Å²) >= 11 is 0. The van der Waals surface area contributed by atoms with Gasteiger partial charge in [0.2, 0.25) is 0 Å². The van der Waals surface area contributed by atoms with Crippen LogP contribution in [0.1, 0.15) is 34.3 Å². The third-order valence-corrected chi connectivity index (χ3v) is 5.45. The first-order valence-corrected chi connectivity index (χ1v) is 10.4. The van der Waals surface area contributed by atoms with Gasteiger partial charge in [0.25, 0.3) is 18.0 Å². The summed E-state index contributed by atoms with van der Waals surface area (Å²) in [5.41, 5.74) is 3.16. The third kappa shape index (κ3) is 5.91. The molecular weight excluding hydrogens is 426 g/mol. The Hall–Kier alpha value is -3.37. The van der Waals surface area contributed by atoms with Gasteiger partial charge in [-0.3, -0.25) is 19.1 Å². The number of hydrogen-bond donors (Lipinski definition) is 4. The number of aryl methyl sites for hydroxylation is 1. The normalized spacial score (nSPS) is 13.7. The van der Waals surface area contributed by atoms with Crippen LogP contribution in [0.25, 0.3) is 0 Å². The van der Waals surface area contributed by atoms with Gasteiger partial charge in [-0.15, -0.1) is 0 Å². The van der Waals surface area contributed by atoms with Gasteiger partial charge in [-0.1, -0.05) is 60.7 Å². The topological polar surface area (TPSA) is 136 Å². The van der Waals surface area contributed by atoms with Gasteiger partial charge < -0.3 is 20.4 Å². The molecule has 1 aromatic heterocycles. The highest BCUT2D eigenvalue weighted by Crippen LogP contribution is 2.27. The number of benzene rings is 2. The number of rotatable bonds is 5. The molecule has 2 heterocycles. The van der Waals surface area contributed by atoms with E-state index in [-0.39, 0.29) is 31.2 Å². The summed E-state index contributed by atoms with van der Waals surface area (Å²) in [6.07, 6.45) is 0.424. The quantitative estimate of drug-likeness (QED) is 0.330. The highest BCUT2D eigenvalue weighted by Gasteiger charge is 2.30. The first-order valence-electron chi connectivity index (χ1n) is 10.4. The van der Waals surface area contributed by atoms with Crippen LogP contribution in [0.3, 0.4) is 0 Å². The van der Waals surface area contributed by atoms with E-state index in [1.54, 1.807) is 9.47 Å². The highest BCUT2D eigenvalue weighted by molar-refractivity contribution is 5.35. The maximum atomic E-state index is 13.6. The van der Waals surface area contributed by atoms with E-state index < -0.39 is 5.97 Å². The summed E-state index contributed by atoms with van der Waals surface area (Å²) in [7, 11) is 0. The fourth-order valence-electron chi connectivity index (χ4n) is 4.18. The Morgan fingerprint density at radius 3 is 2.03 bits per heavy atom. The summed E-state index contributed by atoms with van der Waals surface area (Å²) in [6, 6.07) is 19.5. The number of nitrogens with zero attached hydrogens (tertiary/aromatic N) is 3. The molecule has 3 aromatic rings. The summed E-state index contributed by atoms with van der Waals surface area (Å²) in [4.78, 5) is 28.3. The van der Waals surface area contributed by atoms with Gasteiger partial charge in [-0.2, -0.15) is 0 Å². The van der Waals surface area contributed by atoms with E-state index in [9.17, 15) is 20.1 Å². The number of carboxylic acid groups (broad SMARTS) is 1. The standard InChI is InChI=1S/C23H25N3O4.CH2O2/c1-16-24-20-14-25(15-23(28,29)30)13-12-19(20)22(27)26(16)21(17-8-4-2-5-9-17)18-10-6-3-7-11-18;2-1-3/h2-11,21,28-30H,12-15H2,1H3;1H,(H,2,3). The van der Waals surface area contributed by atoms with Gasteiger partial charge >= 0.3 is 0 Å². The van der Waals surface area contributed by atoms with E-state index in [1.165, 1.54) is 0 Å². The molecule has 0 atom stereocenters. The third-order valence-electron chi connectivity index (χ3n) is 5.45. The van der Waals surface area contributed by atoms with E-state index >= 15 is 0 Å². The molecule has 1 aliphatic rings. The van der Waals surface area contributed by atoms with Crippen LogP contribution in [-0.4, -0.2) is 60.4 Å². The Morgan fingerprint density at radius 2 is 1.55 bits per heavy atom. The van der Waals surface area contributed by atoms with Crippen LogP contribution in [0.2, 0.25) is 0 Å². The van der Waals surface area contributed by atoms with Gasteiger partial charge in [-0.05, 0) is 24.5 Å². The summed E-state index contributed by atoms with van der Waals surface area (Å²) in [5.74, 6) is -2.19. The zero-order valence-electron chi connectivity index (χ0n) is 18.2. The smallest absolute Gasteiger partial charge is 0.290 e. The molecule has 0 unspecified atom stereocenters. The number of β-amino-alcohol motifs (C(OH)–C–C–N with tert-alkyl or cyclic N) is 3. The average Bonchev–Trinajstić information content (AvgIpc) is 2.77. The molecule has 0 fully saturated rings. The number of hydrogen-bond acceptors (Lipinski definition) is 7. The Balaban J connectivity index is 0.000000968. The monoisotopic (exact) mass is 453 g/mol. The molecule has 0 aliphatic carbocycles. The van der Waals surface area contributed by atoms with Crippen molar-refractivity contribution in [2.24, 2.45) is 0 Å². The van der Waals surface area contributed by atoms with Crippen LogP contribution in [0.15, 0.2) is 65.5 Å². The Bertz CT molecular complexity index is 1090. The number of aromatic nitrogens is 2. The van der Waals surface area contributed by atoms with Crippen LogP contribution >= 0.6 is 0 Å². The van der Waals surface area contributed by atoms with Gasteiger partial charge in [0.05, 0.1) is 18.3 Å². The predicted molar refractivity (Wildman–Crippen MR) is 120 cm³/mol. The molecule has 4 rings (SSSR count). The minimum Gasteiger partial charge on any atom is -0.483 e. The van der Waals surface area contributed by atoms with E-state index in [2.05, 4.69) is 0 Å². The number of carbonyl (C=O) groups is 1. The van der Waals surface area contributed by atoms with E-state index in [0.717, 1.165) is 11.1 Å². The zero-order chi connectivity index (χ0) is 24.0. The van der Waals surface area contributed by atoms with Crippen molar-refractivity contribution >= 4 is 6.47 Å². The zero-order valence-corrected chi connectivity index (χ0v) is 18.2. The Morgan fingerprint density at radius 1 is 1.03 bits per heavy atom. The lowest BCUT2D eigenvalue weighted by Gasteiger charge is -2.32. The molecule has 9 nitrogen and oxygen atoms in total. The highest BCUT2D eigenvalue weighted by atomic mass is 16.7. The number of aliphatic hydroxyl groups is 3. The SMILES string of the molecule is Cc1nc2c(c(=O)n1C(c1ccccc1)c1ccccc1)CCN(CC(O)(O)O)C2.O=CO. The van der Waals surface area contributed by atoms with Crippen molar-refractivity contribution in [2.45, 2.75) is 31.9 Å². The Kier molecular flexibility index (Phi) is 7.72. The molecular formula is C24H27N3O6. The lowest BCUT2D eigenvalue weighted by molar-refractivity contribution is -0.318. The largest absolute Gasteiger partial charge is 0.483 e. The molecule has 33 heavy (non-hydrogen) atoms. The second kappa shape index (κ2) is 10.5. The minimum atomic E-state index is -2.77. The van der Waals surface area contributed by atoms with Crippen molar-refractivity contribution in [1.29, 1.82) is 0 Å². The molecule has 0 radical (unpaired) electrons. The minimum absolute atomic E-state index is 0.0851. The second-order valence-corrected chi connectivity index (χ2v) is 7.82. The average molecular weight is 453 g/mol. The molecule has 174 valence electrons. The maximum absolute atomic E-state index is 13.6. The van der Waals surface area contributed by atoms with Gasteiger partial charge in [0.1, 0.15) is 5.82 Å². The molecule has 4 N–H and O–H groups in total. The molecule has 0 spiro atoms. The summed E-state index contributed by atoms with van der Waals surface area (Å²) in [5, 5.41) is 34.7. The van der Waals surface area contributed by atoms with Crippen molar-refractivity contribution < 1.29 is 25.2 Å². The fourth-order valence-corrected chi connectivity index (χ4v) is 4.18. The van der Waals surface area contributed by atoms with Crippen LogP contribution in [0.5, 0.6) is 0 Å². The van der Waals surface area contributed by atoms with Crippen LogP contribution in [0, 0.1) is 6.92 Å². The summed E-state index contributed by atoms with van der Waals surface area (Å²) < 4.78 is 1.74. The first kappa shape index (κ1) is 24.3. The van der Waals surface area contributed by atoms with Crippen molar-refractivity contribution in [3.8, 4) is 0 Å². The van der Waals surface area contributed by atoms with Crippen molar-refractivity contribution in [2.75, 3.05) is 13.1 Å². The molecule has 0 bridgehead atoms. The second-order valence-electron chi connectivity index (χ2n) is 7.82. The fraction of sp³-hybridized carbons (Fsp3) is 0.292. The van der Waals surface area contributed by atoms with Crippen LogP contribution in [-0.2, 0) is 17.8 Å². The molecule has 0 saturated heterocycles. The van der Waals surface area contributed by atoms with Crippen molar-refractivity contribution in [3.05, 3.63) is 99.2 Å². The van der Waals surface area contributed by atoms with Gasteiger partial charge in [0.15, 0.2) is 0 Å². The van der Waals surface area contributed by atoms with Crippen LogP contribution in [0.4, 0.5) is 0 Å². The number of fused-ring (bicyclic) bond motifs is 1. The molecule has 9 heteroatoms. The maximum Gasteiger partial charge on any atom is 0.290 e. The van der Waals surface area contributed by atoms with E-state index in [0.29, 0.717) is 30.0 Å². The Labute approximate surface area is 190 Å². The van der Waals surface area contributed by atoms with E-state index in [4.69, 9.17) is 14.9 Å². The molecule has 0 saturated carbocycles. The molecule has 2 aromatic carbocycles. The predicted octanol–water partition coefficient (Wildman–Crippen LogP) is 0.879. The first-order chi connectivity index (χ1) is 15.7. The van der Waals surface area contributed by atoms with Crippen LogP contribution < -0.4 is 5.56 Å². The lowest BCUT2D eigenvalue weighted by atomic mass is 9.97. The van der Waals surface area contributed by atoms with E-state index in [1.807, 2.05) is 67.6 Å². The molecule has 1 aliphatic heterocycles. The van der Waals surface area contributed by atoms with Crippen molar-refractivity contribution in [1.82, 2.24) is 14.5 Å². The van der Waals surface area contributed by atoms with Gasteiger partial charge in [-0.25, -0.2) is 4.98 Å². The van der Waals surface area contributed by atoms with Crippen molar-refractivity contribution in [3.63, 3.8) is 0 Å². The van der Waals surface area contributed by atoms with Gasteiger partial charge in [0, 0.05) is 18.7 Å².